The third-order valence-electron chi connectivity index (χ3n) is 2.56. The molecular weight excluding hydrogens is 288 g/mol. The molecule has 0 aliphatic rings. The van der Waals surface area contributed by atoms with E-state index in [1.807, 2.05) is 0 Å². The Hall–Kier alpha value is -1.76. The Balaban J connectivity index is 2.66. The summed E-state index contributed by atoms with van der Waals surface area (Å²) in [6, 6.07) is 2.21. The second-order valence-electron chi connectivity index (χ2n) is 4.60. The maximum absolute atomic E-state index is 13.7. The van der Waals surface area contributed by atoms with Gasteiger partial charge in [0.2, 0.25) is 0 Å². The van der Waals surface area contributed by atoms with Crippen molar-refractivity contribution in [2.75, 3.05) is 0 Å². The molecule has 20 heavy (non-hydrogen) atoms. The van der Waals surface area contributed by atoms with E-state index in [1.54, 1.807) is 20.8 Å². The van der Waals surface area contributed by atoms with Crippen LogP contribution >= 0.6 is 11.3 Å². The Morgan fingerprint density at radius 3 is 2.65 bits per heavy atom. The maximum Gasteiger partial charge on any atom is 0.379 e. The first-order chi connectivity index (χ1) is 9.21. The van der Waals surface area contributed by atoms with E-state index < -0.39 is 17.5 Å². The number of aryl methyl sites for hydroxylation is 1. The fraction of sp³-hybridized carbons (Fsp3) is 0.385. The van der Waals surface area contributed by atoms with Crippen LogP contribution in [0.1, 0.15) is 24.4 Å². The molecule has 7 heteroatoms. The van der Waals surface area contributed by atoms with Crippen LogP contribution in [0.4, 0.5) is 8.78 Å². The van der Waals surface area contributed by atoms with Gasteiger partial charge in [-0.3, -0.25) is 0 Å². The molecule has 0 fully saturated rings. The number of nitrogens with zero attached hydrogens (tertiary/aromatic N) is 1. The first-order valence-corrected chi connectivity index (χ1v) is 6.73. The van der Waals surface area contributed by atoms with Crippen LogP contribution in [0.3, 0.4) is 0 Å². The Bertz CT molecular complexity index is 667. The van der Waals surface area contributed by atoms with Gasteiger partial charge in [0, 0.05) is 5.56 Å². The van der Waals surface area contributed by atoms with Crippen molar-refractivity contribution in [2.24, 2.45) is 0 Å². The third-order valence-corrected chi connectivity index (χ3v) is 3.48. The predicted molar refractivity (Wildman–Crippen MR) is 71.7 cm³/mol. The summed E-state index contributed by atoms with van der Waals surface area (Å²) >= 11 is 1.22. The van der Waals surface area contributed by atoms with Crippen molar-refractivity contribution >= 4 is 27.5 Å². The van der Waals surface area contributed by atoms with Crippen LogP contribution < -0.4 is 4.74 Å². The molecule has 0 saturated heterocycles. The summed E-state index contributed by atoms with van der Waals surface area (Å²) in [6.45, 7) is 5.26. The lowest BCUT2D eigenvalue weighted by Gasteiger charge is -2.15. The van der Waals surface area contributed by atoms with Crippen LogP contribution in [0, 0.1) is 6.92 Å². The van der Waals surface area contributed by atoms with Gasteiger partial charge in [-0.05, 0) is 32.9 Å². The van der Waals surface area contributed by atoms with Crippen molar-refractivity contribution in [1.82, 2.24) is 4.98 Å². The normalized spacial score (nSPS) is 12.1. The zero-order chi connectivity index (χ0) is 15.1. The van der Waals surface area contributed by atoms with E-state index in [9.17, 15) is 13.6 Å². The summed E-state index contributed by atoms with van der Waals surface area (Å²) in [4.78, 5) is 14.9. The largest absolute Gasteiger partial charge is 0.489 e. The van der Waals surface area contributed by atoms with Gasteiger partial charge in [-0.1, -0.05) is 0 Å². The number of hydrogen-bond acceptors (Lipinski definition) is 4. The highest BCUT2D eigenvalue weighted by molar-refractivity contribution is 7.18. The van der Waals surface area contributed by atoms with Gasteiger partial charge in [0.15, 0.2) is 0 Å². The van der Waals surface area contributed by atoms with E-state index in [0.717, 1.165) is 12.1 Å². The number of benzene rings is 1. The van der Waals surface area contributed by atoms with Crippen molar-refractivity contribution in [3.8, 4) is 5.75 Å². The molecule has 0 bridgehead atoms. The molecule has 0 saturated carbocycles. The number of ether oxygens (including phenoxy) is 1. The van der Waals surface area contributed by atoms with Gasteiger partial charge in [0.1, 0.15) is 11.3 Å². The number of aliphatic carboxylic acids is 1. The predicted octanol–water partition coefficient (Wildman–Crippen LogP) is 3.57. The van der Waals surface area contributed by atoms with Gasteiger partial charge in [0.25, 0.3) is 0 Å². The van der Waals surface area contributed by atoms with Crippen LogP contribution in [0.15, 0.2) is 12.1 Å². The lowest BCUT2D eigenvalue weighted by Crippen LogP contribution is -2.25. The number of carboxylic acids is 1. The van der Waals surface area contributed by atoms with E-state index in [-0.39, 0.29) is 11.9 Å². The number of alkyl halides is 2. The van der Waals surface area contributed by atoms with Gasteiger partial charge in [0.05, 0.1) is 15.8 Å². The number of fused-ring (bicyclic) bond motifs is 1. The molecule has 2 rings (SSSR count). The Morgan fingerprint density at radius 1 is 1.45 bits per heavy atom. The van der Waals surface area contributed by atoms with Gasteiger partial charge >= 0.3 is 11.9 Å². The van der Waals surface area contributed by atoms with E-state index in [2.05, 4.69) is 4.98 Å². The van der Waals surface area contributed by atoms with Crippen LogP contribution in [0.25, 0.3) is 10.2 Å². The van der Waals surface area contributed by atoms with Gasteiger partial charge in [-0.25, -0.2) is 9.78 Å². The molecule has 0 amide bonds. The Morgan fingerprint density at radius 2 is 2.10 bits per heavy atom. The number of hydrogen-bond donors (Lipinski definition) is 1. The third kappa shape index (κ3) is 2.58. The average Bonchev–Trinajstić information content (AvgIpc) is 2.68. The Labute approximate surface area is 118 Å². The highest BCUT2D eigenvalue weighted by atomic mass is 32.1. The van der Waals surface area contributed by atoms with Crippen molar-refractivity contribution in [1.29, 1.82) is 0 Å². The first-order valence-electron chi connectivity index (χ1n) is 5.91. The quantitative estimate of drug-likeness (QED) is 0.938. The first kappa shape index (κ1) is 14.6. The molecule has 4 nitrogen and oxygen atoms in total. The molecule has 0 atom stereocenters. The summed E-state index contributed by atoms with van der Waals surface area (Å²) in [5.74, 6) is -5.97. The van der Waals surface area contributed by atoms with Crippen LogP contribution in [0.2, 0.25) is 0 Å². The van der Waals surface area contributed by atoms with E-state index in [0.29, 0.717) is 15.2 Å². The lowest BCUT2D eigenvalue weighted by molar-refractivity contribution is -0.166. The van der Waals surface area contributed by atoms with Crippen molar-refractivity contribution in [3.63, 3.8) is 0 Å². The molecule has 0 spiro atoms. The average molecular weight is 301 g/mol. The van der Waals surface area contributed by atoms with Crippen molar-refractivity contribution in [3.05, 3.63) is 22.7 Å². The van der Waals surface area contributed by atoms with Gasteiger partial charge in [-0.2, -0.15) is 8.78 Å². The van der Waals surface area contributed by atoms with Crippen molar-refractivity contribution in [2.45, 2.75) is 32.8 Å². The van der Waals surface area contributed by atoms with Crippen LogP contribution in [-0.4, -0.2) is 22.2 Å². The number of aromatic nitrogens is 1. The Kier molecular flexibility index (Phi) is 3.64. The van der Waals surface area contributed by atoms with Crippen LogP contribution in [-0.2, 0) is 10.7 Å². The summed E-state index contributed by atoms with van der Waals surface area (Å²) in [5, 5.41) is 9.34. The summed E-state index contributed by atoms with van der Waals surface area (Å²) < 4.78 is 33.3. The van der Waals surface area contributed by atoms with Crippen molar-refractivity contribution < 1.29 is 23.4 Å². The van der Waals surface area contributed by atoms with E-state index >= 15 is 0 Å². The molecule has 1 N–H and O–H groups in total. The summed E-state index contributed by atoms with van der Waals surface area (Å²) in [5.41, 5.74) is -0.122. The minimum Gasteiger partial charge on any atom is -0.489 e. The molecule has 1 aromatic carbocycles. The molecular formula is C13H13F2NO3S. The number of carboxylic acid groups (broad SMARTS) is 1. The maximum atomic E-state index is 13.7. The van der Waals surface area contributed by atoms with Crippen LogP contribution in [0.5, 0.6) is 5.75 Å². The SMILES string of the molecule is Cc1nc2c(OC(C)C)cc(C(F)(F)C(=O)O)cc2s1. The second kappa shape index (κ2) is 4.97. The van der Waals surface area contributed by atoms with Gasteiger partial charge < -0.3 is 9.84 Å². The fourth-order valence-electron chi connectivity index (χ4n) is 1.76. The molecule has 0 aliphatic heterocycles. The number of halogens is 2. The summed E-state index contributed by atoms with van der Waals surface area (Å²) in [7, 11) is 0. The number of thiazole rings is 1. The molecule has 108 valence electrons. The van der Waals surface area contributed by atoms with Gasteiger partial charge in [-0.15, -0.1) is 11.3 Å². The monoisotopic (exact) mass is 301 g/mol. The molecule has 2 aromatic rings. The highest BCUT2D eigenvalue weighted by Gasteiger charge is 2.42. The molecule has 0 aliphatic carbocycles. The molecule has 0 radical (unpaired) electrons. The number of rotatable bonds is 4. The summed E-state index contributed by atoms with van der Waals surface area (Å²) in [6.07, 6.45) is -0.228. The minimum atomic E-state index is -3.96. The molecule has 0 unspecified atom stereocenters. The second-order valence-corrected chi connectivity index (χ2v) is 5.83. The highest BCUT2D eigenvalue weighted by Crippen LogP contribution is 2.38. The fourth-order valence-corrected chi connectivity index (χ4v) is 2.64. The zero-order valence-electron chi connectivity index (χ0n) is 11.1. The number of carbonyl (C=O) groups is 1. The lowest BCUT2D eigenvalue weighted by atomic mass is 10.1. The minimum absolute atomic E-state index is 0.178. The topological polar surface area (TPSA) is 59.4 Å². The van der Waals surface area contributed by atoms with E-state index in [4.69, 9.17) is 9.84 Å². The molecule has 1 heterocycles. The zero-order valence-corrected chi connectivity index (χ0v) is 11.9. The smallest absolute Gasteiger partial charge is 0.379 e. The van der Waals surface area contributed by atoms with E-state index in [1.165, 1.54) is 11.3 Å². The standard InChI is InChI=1S/C13H13F2NO3S/c1-6(2)19-9-4-8(13(14,15)12(17)18)5-10-11(9)16-7(3)20-10/h4-6H,1-3H3,(H,17,18). The molecule has 1 aromatic heterocycles.